The zero-order valence-electron chi connectivity index (χ0n) is 15.6. The molecule has 1 fully saturated rings. The van der Waals surface area contributed by atoms with Gasteiger partial charge in [0.25, 0.3) is 0 Å². The van der Waals surface area contributed by atoms with Gasteiger partial charge >= 0.3 is 0 Å². The van der Waals surface area contributed by atoms with E-state index < -0.39 is 0 Å². The molecule has 0 spiro atoms. The predicted octanol–water partition coefficient (Wildman–Crippen LogP) is 4.05. The third kappa shape index (κ3) is 2.64. The number of benzene rings is 2. The Kier molecular flexibility index (Phi) is 3.40. The van der Waals surface area contributed by atoms with E-state index in [2.05, 4.69) is 30.4 Å². The highest BCUT2D eigenvalue weighted by Gasteiger charge is 2.22. The van der Waals surface area contributed by atoms with E-state index in [4.69, 9.17) is 10.5 Å². The maximum atomic E-state index is 6.25. The smallest absolute Gasteiger partial charge is 0.222 e. The Labute approximate surface area is 166 Å². The lowest BCUT2D eigenvalue weighted by atomic mass is 10.1. The second-order valence-electron chi connectivity index (χ2n) is 7.36. The fraction of sp³-hybridized carbons (Fsp3) is 0.190. The molecule has 8 heteroatoms. The molecule has 1 saturated heterocycles. The van der Waals surface area contributed by atoms with Gasteiger partial charge in [-0.2, -0.15) is 10.1 Å². The van der Waals surface area contributed by atoms with E-state index in [0.717, 1.165) is 64.1 Å². The Morgan fingerprint density at radius 1 is 1.00 bits per heavy atom. The van der Waals surface area contributed by atoms with Crippen molar-refractivity contribution in [3.8, 4) is 22.8 Å². The number of hydrogen-bond donors (Lipinski definition) is 3. The summed E-state index contributed by atoms with van der Waals surface area (Å²) in [5.41, 5.74) is 9.45. The molecular weight excluding hydrogens is 366 g/mol. The third-order valence-electron chi connectivity index (χ3n) is 5.44. The minimum absolute atomic E-state index is 0.272. The van der Waals surface area contributed by atoms with E-state index in [-0.39, 0.29) is 5.95 Å². The summed E-state index contributed by atoms with van der Waals surface area (Å²) in [4.78, 5) is 11.2. The van der Waals surface area contributed by atoms with Crippen LogP contribution in [0.1, 0.15) is 12.8 Å². The molecule has 29 heavy (non-hydrogen) atoms. The van der Waals surface area contributed by atoms with Crippen LogP contribution in [0.15, 0.2) is 42.5 Å². The van der Waals surface area contributed by atoms with Gasteiger partial charge in [-0.05, 0) is 37.1 Å². The number of hydrogen-bond acceptors (Lipinski definition) is 7. The predicted molar refractivity (Wildman–Crippen MR) is 113 cm³/mol. The Morgan fingerprint density at radius 2 is 1.86 bits per heavy atom. The van der Waals surface area contributed by atoms with E-state index in [1.807, 2.05) is 42.5 Å². The molecule has 6 rings (SSSR count). The Hall–Kier alpha value is -3.81. The SMILES string of the molecule is Nc1nc(-c2cc3c4c(n[nH]c4c2)Nc2ccccc2O3)cc(N2CCCC2)n1. The van der Waals surface area contributed by atoms with Crippen LogP contribution in [-0.2, 0) is 0 Å². The lowest BCUT2D eigenvalue weighted by Gasteiger charge is -2.17. The molecule has 0 unspecified atom stereocenters. The van der Waals surface area contributed by atoms with Crippen molar-refractivity contribution < 1.29 is 4.74 Å². The minimum atomic E-state index is 0.272. The van der Waals surface area contributed by atoms with Crippen LogP contribution in [-0.4, -0.2) is 33.3 Å². The van der Waals surface area contributed by atoms with Gasteiger partial charge in [-0.1, -0.05) is 12.1 Å². The zero-order chi connectivity index (χ0) is 19.4. The summed E-state index contributed by atoms with van der Waals surface area (Å²) < 4.78 is 6.25. The fourth-order valence-electron chi connectivity index (χ4n) is 4.05. The van der Waals surface area contributed by atoms with Gasteiger partial charge in [0.15, 0.2) is 11.6 Å². The zero-order valence-corrected chi connectivity index (χ0v) is 15.6. The first-order valence-electron chi connectivity index (χ1n) is 9.70. The summed E-state index contributed by atoms with van der Waals surface area (Å²) in [6, 6.07) is 13.8. The van der Waals surface area contributed by atoms with Crippen LogP contribution in [0, 0.1) is 0 Å². The van der Waals surface area contributed by atoms with Gasteiger partial charge in [0, 0.05) is 24.7 Å². The highest BCUT2D eigenvalue weighted by molar-refractivity contribution is 6.00. The number of fused-ring (bicyclic) bond motifs is 1. The number of para-hydroxylation sites is 2. The first kappa shape index (κ1) is 16.2. The van der Waals surface area contributed by atoms with Crippen LogP contribution in [0.25, 0.3) is 22.2 Å². The molecule has 4 heterocycles. The summed E-state index contributed by atoms with van der Waals surface area (Å²) in [5, 5.41) is 11.8. The molecule has 4 N–H and O–H groups in total. The van der Waals surface area contributed by atoms with E-state index in [0.29, 0.717) is 0 Å². The molecule has 0 atom stereocenters. The van der Waals surface area contributed by atoms with E-state index in [1.165, 1.54) is 12.8 Å². The molecule has 2 aliphatic heterocycles. The average Bonchev–Trinajstić information content (AvgIpc) is 3.36. The van der Waals surface area contributed by atoms with Crippen molar-refractivity contribution in [2.24, 2.45) is 0 Å². The first-order chi connectivity index (χ1) is 14.2. The molecule has 2 aliphatic rings. The number of nitrogen functional groups attached to an aromatic ring is 1. The van der Waals surface area contributed by atoms with E-state index >= 15 is 0 Å². The van der Waals surface area contributed by atoms with Crippen LogP contribution in [0.4, 0.5) is 23.3 Å². The Morgan fingerprint density at radius 3 is 2.76 bits per heavy atom. The number of nitrogens with two attached hydrogens (primary N) is 1. The molecule has 0 radical (unpaired) electrons. The van der Waals surface area contributed by atoms with Crippen molar-refractivity contribution in [2.75, 3.05) is 29.0 Å². The highest BCUT2D eigenvalue weighted by Crippen LogP contribution is 2.44. The number of H-pyrrole nitrogens is 1. The highest BCUT2D eigenvalue weighted by atomic mass is 16.5. The second-order valence-corrected chi connectivity index (χ2v) is 7.36. The molecule has 4 aromatic rings. The number of aromatic amines is 1. The molecule has 0 bridgehead atoms. The van der Waals surface area contributed by atoms with Gasteiger partial charge in [0.1, 0.15) is 11.6 Å². The summed E-state index contributed by atoms with van der Waals surface area (Å²) in [6.07, 6.45) is 2.35. The van der Waals surface area contributed by atoms with E-state index in [1.54, 1.807) is 0 Å². The van der Waals surface area contributed by atoms with Gasteiger partial charge in [-0.3, -0.25) is 5.10 Å². The molecule has 8 nitrogen and oxygen atoms in total. The number of rotatable bonds is 2. The molecule has 2 aromatic carbocycles. The van der Waals surface area contributed by atoms with Gasteiger partial charge in [0.2, 0.25) is 5.95 Å². The molecule has 0 amide bonds. The normalized spacial score (nSPS) is 15.0. The quantitative estimate of drug-likeness (QED) is 0.421. The maximum Gasteiger partial charge on any atom is 0.222 e. The Balaban J connectivity index is 1.50. The summed E-state index contributed by atoms with van der Waals surface area (Å²) >= 11 is 0. The van der Waals surface area contributed by atoms with Crippen LogP contribution < -0.4 is 20.7 Å². The summed E-state index contributed by atoms with van der Waals surface area (Å²) in [7, 11) is 0. The van der Waals surface area contributed by atoms with Crippen molar-refractivity contribution >= 4 is 34.2 Å². The third-order valence-corrected chi connectivity index (χ3v) is 5.44. The number of nitrogens with zero attached hydrogens (tertiary/aromatic N) is 4. The first-order valence-corrected chi connectivity index (χ1v) is 9.70. The van der Waals surface area contributed by atoms with Gasteiger partial charge in [0.05, 0.1) is 22.3 Å². The number of anilines is 4. The lowest BCUT2D eigenvalue weighted by Crippen LogP contribution is -2.19. The molecular formula is C21H19N7O. The molecule has 144 valence electrons. The minimum Gasteiger partial charge on any atom is -0.454 e. The number of ether oxygens (including phenoxy) is 1. The average molecular weight is 385 g/mol. The van der Waals surface area contributed by atoms with Crippen molar-refractivity contribution in [1.29, 1.82) is 0 Å². The largest absolute Gasteiger partial charge is 0.454 e. The monoisotopic (exact) mass is 385 g/mol. The van der Waals surface area contributed by atoms with Crippen molar-refractivity contribution in [3.05, 3.63) is 42.5 Å². The van der Waals surface area contributed by atoms with Gasteiger partial charge in [-0.15, -0.1) is 0 Å². The lowest BCUT2D eigenvalue weighted by molar-refractivity contribution is 0.492. The van der Waals surface area contributed by atoms with Gasteiger partial charge in [-0.25, -0.2) is 4.98 Å². The van der Waals surface area contributed by atoms with Crippen LogP contribution in [0.2, 0.25) is 0 Å². The van der Waals surface area contributed by atoms with Crippen LogP contribution >= 0.6 is 0 Å². The molecule has 0 saturated carbocycles. The molecule has 0 aliphatic carbocycles. The van der Waals surface area contributed by atoms with Crippen molar-refractivity contribution in [1.82, 2.24) is 20.2 Å². The summed E-state index contributed by atoms with van der Waals surface area (Å²) in [5.74, 6) is 3.36. The van der Waals surface area contributed by atoms with Gasteiger partial charge < -0.3 is 20.7 Å². The summed E-state index contributed by atoms with van der Waals surface area (Å²) in [6.45, 7) is 1.99. The Bertz CT molecular complexity index is 1240. The van der Waals surface area contributed by atoms with Crippen molar-refractivity contribution in [2.45, 2.75) is 12.8 Å². The van der Waals surface area contributed by atoms with Crippen LogP contribution in [0.5, 0.6) is 11.5 Å². The topological polar surface area (TPSA) is 105 Å². The second kappa shape index (κ2) is 6.10. The molecule has 2 aromatic heterocycles. The maximum absolute atomic E-state index is 6.25. The van der Waals surface area contributed by atoms with E-state index in [9.17, 15) is 0 Å². The fourth-order valence-corrected chi connectivity index (χ4v) is 4.05. The standard InChI is InChI=1S/C21H19N7O/c22-21-24-14(11-18(25-21)28-7-3-4-8-28)12-9-15-19-17(10-12)29-16-6-2-1-5-13(16)23-20(19)27-26-15/h1-2,5-6,9-11H,3-4,7-8H2,(H2,22,24,25)(H2,23,26,27). The number of aromatic nitrogens is 4. The van der Waals surface area contributed by atoms with Crippen molar-refractivity contribution in [3.63, 3.8) is 0 Å². The van der Waals surface area contributed by atoms with Crippen LogP contribution in [0.3, 0.4) is 0 Å². The number of nitrogens with one attached hydrogen (secondary N) is 2.